The monoisotopic (exact) mass is 332 g/mol. The van der Waals surface area contributed by atoms with E-state index in [-0.39, 0.29) is 11.9 Å². The van der Waals surface area contributed by atoms with Gasteiger partial charge >= 0.3 is 5.97 Å². The fraction of sp³-hybridized carbons (Fsp3) is 0.250. The second-order valence-electron chi connectivity index (χ2n) is 3.54. The first-order valence-corrected chi connectivity index (χ1v) is 5.84. The lowest BCUT2D eigenvalue weighted by Gasteiger charge is -2.14. The van der Waals surface area contributed by atoms with Gasteiger partial charge in [-0.3, -0.25) is 0 Å². The summed E-state index contributed by atoms with van der Waals surface area (Å²) in [5, 5.41) is 9.37. The second kappa shape index (κ2) is 5.34. The quantitative estimate of drug-likeness (QED) is 0.525. The Morgan fingerprint density at radius 3 is 2.69 bits per heavy atom. The molecule has 0 saturated heterocycles. The normalized spacial score (nSPS) is 11.9. The van der Waals surface area contributed by atoms with E-state index < -0.39 is 5.97 Å². The smallest absolute Gasteiger partial charge is 0.333 e. The zero-order chi connectivity index (χ0) is 12.3. The van der Waals surface area contributed by atoms with Crippen molar-refractivity contribution >= 4 is 28.6 Å². The summed E-state index contributed by atoms with van der Waals surface area (Å²) in [7, 11) is 0. The lowest BCUT2D eigenvalue weighted by atomic mass is 10.1. The highest BCUT2D eigenvalue weighted by atomic mass is 127. The third kappa shape index (κ3) is 3.23. The number of carbonyl (C=O) groups excluding carboxylic acids is 1. The Morgan fingerprint density at radius 2 is 2.19 bits per heavy atom. The van der Waals surface area contributed by atoms with Crippen molar-refractivity contribution in [2.24, 2.45) is 0 Å². The summed E-state index contributed by atoms with van der Waals surface area (Å²) in [4.78, 5) is 11.3. The molecule has 0 aliphatic carbocycles. The Hall–Kier alpha value is -1.04. The topological polar surface area (TPSA) is 46.5 Å². The first-order chi connectivity index (χ1) is 7.41. The van der Waals surface area contributed by atoms with Crippen molar-refractivity contribution in [3.63, 3.8) is 0 Å². The van der Waals surface area contributed by atoms with Crippen LogP contribution in [-0.4, -0.2) is 11.1 Å². The number of carbonyl (C=O) groups is 1. The Kier molecular flexibility index (Phi) is 4.35. The Labute approximate surface area is 108 Å². The summed E-state index contributed by atoms with van der Waals surface area (Å²) in [6.07, 6.45) is -0.349. The molecule has 0 heterocycles. The lowest BCUT2D eigenvalue weighted by molar-refractivity contribution is -0.143. The van der Waals surface area contributed by atoms with Crippen LogP contribution in [0.3, 0.4) is 0 Å². The Morgan fingerprint density at radius 1 is 1.56 bits per heavy atom. The molecule has 1 unspecified atom stereocenters. The molecule has 3 nitrogen and oxygen atoms in total. The molecule has 1 aromatic carbocycles. The Balaban J connectivity index is 2.81. The second-order valence-corrected chi connectivity index (χ2v) is 4.70. The van der Waals surface area contributed by atoms with Crippen molar-refractivity contribution in [3.05, 3.63) is 39.5 Å². The summed E-state index contributed by atoms with van der Waals surface area (Å²) >= 11 is 2.02. The number of phenolic OH excluding ortho intramolecular Hbond substituents is 1. The van der Waals surface area contributed by atoms with Crippen LogP contribution in [-0.2, 0) is 9.53 Å². The minimum Gasteiger partial charge on any atom is -0.507 e. The van der Waals surface area contributed by atoms with E-state index in [0.717, 1.165) is 9.13 Å². The van der Waals surface area contributed by atoms with E-state index in [0.29, 0.717) is 5.57 Å². The van der Waals surface area contributed by atoms with Gasteiger partial charge in [-0.2, -0.15) is 0 Å². The molecule has 0 aliphatic rings. The highest BCUT2D eigenvalue weighted by Gasteiger charge is 2.13. The van der Waals surface area contributed by atoms with E-state index in [2.05, 4.69) is 6.58 Å². The van der Waals surface area contributed by atoms with Gasteiger partial charge in [-0.25, -0.2) is 4.79 Å². The first kappa shape index (κ1) is 13.0. The SMILES string of the molecule is C=C(C)C(=O)OC(C)c1ccc(O)c(I)c1. The van der Waals surface area contributed by atoms with Gasteiger partial charge in [-0.1, -0.05) is 12.6 Å². The van der Waals surface area contributed by atoms with Gasteiger partial charge in [0.15, 0.2) is 0 Å². The van der Waals surface area contributed by atoms with Gasteiger partial charge in [0.25, 0.3) is 0 Å². The molecule has 16 heavy (non-hydrogen) atoms. The number of hydrogen-bond acceptors (Lipinski definition) is 3. The maximum atomic E-state index is 11.3. The van der Waals surface area contributed by atoms with Crippen LogP contribution in [0.15, 0.2) is 30.4 Å². The van der Waals surface area contributed by atoms with Gasteiger partial charge in [-0.15, -0.1) is 0 Å². The molecule has 0 fully saturated rings. The van der Waals surface area contributed by atoms with Crippen LogP contribution in [0.2, 0.25) is 0 Å². The number of esters is 1. The van der Waals surface area contributed by atoms with E-state index in [1.807, 2.05) is 22.6 Å². The number of halogens is 1. The molecule has 0 amide bonds. The molecule has 0 aliphatic heterocycles. The molecule has 86 valence electrons. The third-order valence-corrected chi connectivity index (χ3v) is 2.94. The van der Waals surface area contributed by atoms with E-state index in [1.165, 1.54) is 0 Å². The van der Waals surface area contributed by atoms with Crippen molar-refractivity contribution in [1.82, 2.24) is 0 Å². The molecule has 0 radical (unpaired) electrons. The number of rotatable bonds is 3. The Bertz CT molecular complexity index is 426. The van der Waals surface area contributed by atoms with E-state index >= 15 is 0 Å². The van der Waals surface area contributed by atoms with E-state index in [1.54, 1.807) is 32.0 Å². The van der Waals surface area contributed by atoms with Crippen LogP contribution in [0.4, 0.5) is 0 Å². The van der Waals surface area contributed by atoms with Gasteiger partial charge in [0.05, 0.1) is 3.57 Å². The van der Waals surface area contributed by atoms with Crippen LogP contribution < -0.4 is 0 Å². The van der Waals surface area contributed by atoms with Gasteiger partial charge in [-0.05, 0) is 54.1 Å². The van der Waals surface area contributed by atoms with Crippen LogP contribution in [0.5, 0.6) is 5.75 Å². The first-order valence-electron chi connectivity index (χ1n) is 4.76. The molecule has 1 atom stereocenters. The highest BCUT2D eigenvalue weighted by Crippen LogP contribution is 2.25. The average molecular weight is 332 g/mol. The molecule has 1 rings (SSSR count). The fourth-order valence-electron chi connectivity index (χ4n) is 1.11. The van der Waals surface area contributed by atoms with Crippen molar-refractivity contribution in [2.45, 2.75) is 20.0 Å². The predicted molar refractivity (Wildman–Crippen MR) is 70.1 cm³/mol. The molecule has 1 aromatic rings. The summed E-state index contributed by atoms with van der Waals surface area (Å²) in [5.74, 6) is -0.182. The van der Waals surface area contributed by atoms with Crippen molar-refractivity contribution in [3.8, 4) is 5.75 Å². The maximum Gasteiger partial charge on any atom is 0.333 e. The third-order valence-electron chi connectivity index (χ3n) is 2.07. The van der Waals surface area contributed by atoms with Crippen molar-refractivity contribution < 1.29 is 14.6 Å². The van der Waals surface area contributed by atoms with Crippen LogP contribution in [0.25, 0.3) is 0 Å². The standard InChI is InChI=1S/C12H13IO3/c1-7(2)12(15)16-8(3)9-4-5-11(14)10(13)6-9/h4-6,8,14H,1H2,2-3H3. The highest BCUT2D eigenvalue weighted by molar-refractivity contribution is 14.1. The molecular weight excluding hydrogens is 319 g/mol. The largest absolute Gasteiger partial charge is 0.507 e. The van der Waals surface area contributed by atoms with Gasteiger partial charge < -0.3 is 9.84 Å². The number of phenols is 1. The van der Waals surface area contributed by atoms with Crippen LogP contribution >= 0.6 is 22.6 Å². The minimum absolute atomic E-state index is 0.225. The molecule has 0 aromatic heterocycles. The lowest BCUT2D eigenvalue weighted by Crippen LogP contribution is -2.09. The van der Waals surface area contributed by atoms with Crippen LogP contribution in [0, 0.1) is 3.57 Å². The maximum absolute atomic E-state index is 11.3. The summed E-state index contributed by atoms with van der Waals surface area (Å²) in [5.41, 5.74) is 1.22. The number of aromatic hydroxyl groups is 1. The summed E-state index contributed by atoms with van der Waals surface area (Å²) < 4.78 is 5.90. The minimum atomic E-state index is -0.407. The zero-order valence-corrected chi connectivity index (χ0v) is 11.3. The van der Waals surface area contributed by atoms with E-state index in [4.69, 9.17) is 4.74 Å². The molecular formula is C12H13IO3. The van der Waals surface area contributed by atoms with Crippen molar-refractivity contribution in [2.75, 3.05) is 0 Å². The van der Waals surface area contributed by atoms with Crippen molar-refractivity contribution in [1.29, 1.82) is 0 Å². The molecule has 1 N–H and O–H groups in total. The average Bonchev–Trinajstić information content (AvgIpc) is 2.21. The number of benzene rings is 1. The van der Waals surface area contributed by atoms with Gasteiger partial charge in [0.2, 0.25) is 0 Å². The molecule has 0 saturated carbocycles. The van der Waals surface area contributed by atoms with E-state index in [9.17, 15) is 9.90 Å². The number of hydrogen-bond donors (Lipinski definition) is 1. The van der Waals surface area contributed by atoms with Crippen LogP contribution in [0.1, 0.15) is 25.5 Å². The fourth-order valence-corrected chi connectivity index (χ4v) is 1.64. The van der Waals surface area contributed by atoms with Gasteiger partial charge in [0, 0.05) is 5.57 Å². The van der Waals surface area contributed by atoms with Gasteiger partial charge in [0.1, 0.15) is 11.9 Å². The molecule has 0 bridgehead atoms. The zero-order valence-electron chi connectivity index (χ0n) is 9.16. The summed E-state index contributed by atoms with van der Waals surface area (Å²) in [6, 6.07) is 5.10. The summed E-state index contributed by atoms with van der Waals surface area (Å²) in [6.45, 7) is 6.91. The predicted octanol–water partition coefficient (Wildman–Crippen LogP) is 3.18. The molecule has 4 heteroatoms. The number of ether oxygens (including phenoxy) is 1. The molecule has 0 spiro atoms.